The zero-order valence-electron chi connectivity index (χ0n) is 11.7. The van der Waals surface area contributed by atoms with Gasteiger partial charge in [-0.2, -0.15) is 0 Å². The van der Waals surface area contributed by atoms with Gasteiger partial charge in [-0.05, 0) is 48.4 Å². The lowest BCUT2D eigenvalue weighted by Gasteiger charge is -2.09. The minimum atomic E-state index is 0.766. The normalized spacial score (nSPS) is 10.3. The highest BCUT2D eigenvalue weighted by Crippen LogP contribution is 2.17. The van der Waals surface area contributed by atoms with E-state index >= 15 is 0 Å². The van der Waals surface area contributed by atoms with Crippen molar-refractivity contribution in [2.75, 3.05) is 11.9 Å². The quantitative estimate of drug-likeness (QED) is 0.713. The van der Waals surface area contributed by atoms with Crippen LogP contribution in [-0.4, -0.2) is 6.61 Å². The molecule has 3 heteroatoms. The molecule has 2 aromatic rings. The third-order valence-electron chi connectivity index (χ3n) is 3.03. The predicted molar refractivity (Wildman–Crippen MR) is 85.6 cm³/mol. The molecule has 0 spiro atoms. The van der Waals surface area contributed by atoms with Crippen LogP contribution in [-0.2, 0) is 6.54 Å². The summed E-state index contributed by atoms with van der Waals surface area (Å²) in [6.07, 6.45) is 2.25. The lowest BCUT2D eigenvalue weighted by atomic mass is 10.2. The SMILES string of the molecule is CCCCOc1ccc(NCc2ccc(Cl)cc2)cc1. The highest BCUT2D eigenvalue weighted by Gasteiger charge is 1.97. The van der Waals surface area contributed by atoms with Gasteiger partial charge in [0.25, 0.3) is 0 Å². The van der Waals surface area contributed by atoms with Crippen LogP contribution >= 0.6 is 11.6 Å². The fourth-order valence-corrected chi connectivity index (χ4v) is 1.94. The van der Waals surface area contributed by atoms with Crippen molar-refractivity contribution in [2.24, 2.45) is 0 Å². The molecule has 2 aromatic carbocycles. The Morgan fingerprint density at radius 3 is 2.35 bits per heavy atom. The Hall–Kier alpha value is -1.67. The molecule has 106 valence electrons. The van der Waals surface area contributed by atoms with E-state index in [1.807, 2.05) is 48.5 Å². The smallest absolute Gasteiger partial charge is 0.119 e. The summed E-state index contributed by atoms with van der Waals surface area (Å²) in [7, 11) is 0. The van der Waals surface area contributed by atoms with Crippen LogP contribution < -0.4 is 10.1 Å². The molecule has 0 unspecified atom stereocenters. The molecular weight excluding hydrogens is 270 g/mol. The van der Waals surface area contributed by atoms with E-state index < -0.39 is 0 Å². The van der Waals surface area contributed by atoms with Gasteiger partial charge in [0.15, 0.2) is 0 Å². The third kappa shape index (κ3) is 4.78. The zero-order chi connectivity index (χ0) is 14.2. The largest absolute Gasteiger partial charge is 0.494 e. The molecule has 0 bridgehead atoms. The number of unbranched alkanes of at least 4 members (excludes halogenated alkanes) is 1. The second-order valence-electron chi connectivity index (χ2n) is 4.71. The Balaban J connectivity index is 1.82. The number of hydrogen-bond acceptors (Lipinski definition) is 2. The molecule has 0 radical (unpaired) electrons. The first kappa shape index (κ1) is 14.7. The van der Waals surface area contributed by atoms with Crippen LogP contribution in [0.15, 0.2) is 48.5 Å². The van der Waals surface area contributed by atoms with E-state index in [1.165, 1.54) is 5.56 Å². The standard InChI is InChI=1S/C17H20ClNO/c1-2-3-12-20-17-10-8-16(9-11-17)19-13-14-4-6-15(18)7-5-14/h4-11,19H,2-3,12-13H2,1H3. The van der Waals surface area contributed by atoms with Crippen molar-refractivity contribution in [3.63, 3.8) is 0 Å². The number of hydrogen-bond donors (Lipinski definition) is 1. The first-order chi connectivity index (χ1) is 9.78. The fraction of sp³-hybridized carbons (Fsp3) is 0.294. The lowest BCUT2D eigenvalue weighted by Crippen LogP contribution is -2.00. The fourth-order valence-electron chi connectivity index (χ4n) is 1.81. The summed E-state index contributed by atoms with van der Waals surface area (Å²) >= 11 is 5.86. The third-order valence-corrected chi connectivity index (χ3v) is 3.28. The van der Waals surface area contributed by atoms with Crippen LogP contribution in [0.2, 0.25) is 5.02 Å². The van der Waals surface area contributed by atoms with Crippen molar-refractivity contribution >= 4 is 17.3 Å². The number of rotatable bonds is 7. The Bertz CT molecular complexity index is 508. The van der Waals surface area contributed by atoms with Crippen LogP contribution in [0.4, 0.5) is 5.69 Å². The van der Waals surface area contributed by atoms with Crippen molar-refractivity contribution in [1.82, 2.24) is 0 Å². The van der Waals surface area contributed by atoms with E-state index in [9.17, 15) is 0 Å². The molecule has 0 amide bonds. The molecule has 0 aliphatic heterocycles. The number of halogens is 1. The first-order valence-corrected chi connectivity index (χ1v) is 7.37. The van der Waals surface area contributed by atoms with Crippen molar-refractivity contribution in [1.29, 1.82) is 0 Å². The molecule has 0 fully saturated rings. The second-order valence-corrected chi connectivity index (χ2v) is 5.14. The van der Waals surface area contributed by atoms with Gasteiger partial charge >= 0.3 is 0 Å². The topological polar surface area (TPSA) is 21.3 Å². The van der Waals surface area contributed by atoms with E-state index in [0.717, 1.165) is 42.5 Å². The van der Waals surface area contributed by atoms with Crippen LogP contribution in [0.3, 0.4) is 0 Å². The molecular formula is C17H20ClNO. The molecule has 2 nitrogen and oxygen atoms in total. The van der Waals surface area contributed by atoms with Gasteiger partial charge in [0.1, 0.15) is 5.75 Å². The van der Waals surface area contributed by atoms with E-state index in [0.29, 0.717) is 0 Å². The average Bonchev–Trinajstić information content (AvgIpc) is 2.48. The van der Waals surface area contributed by atoms with Crippen LogP contribution in [0.5, 0.6) is 5.75 Å². The summed E-state index contributed by atoms with van der Waals surface area (Å²) in [6, 6.07) is 15.9. The van der Waals surface area contributed by atoms with Crippen LogP contribution in [0, 0.1) is 0 Å². The van der Waals surface area contributed by atoms with Crippen LogP contribution in [0.1, 0.15) is 25.3 Å². The van der Waals surface area contributed by atoms with E-state index in [1.54, 1.807) is 0 Å². The highest BCUT2D eigenvalue weighted by molar-refractivity contribution is 6.30. The molecule has 0 saturated heterocycles. The second kappa shape index (κ2) is 7.81. The summed E-state index contributed by atoms with van der Waals surface area (Å²) in [5.41, 5.74) is 2.29. The highest BCUT2D eigenvalue weighted by atomic mass is 35.5. The number of benzene rings is 2. The van der Waals surface area contributed by atoms with Gasteiger partial charge in [-0.3, -0.25) is 0 Å². The molecule has 0 aliphatic carbocycles. The molecule has 0 saturated carbocycles. The van der Waals surface area contributed by atoms with Crippen LogP contribution in [0.25, 0.3) is 0 Å². The number of nitrogens with one attached hydrogen (secondary N) is 1. The molecule has 0 aromatic heterocycles. The van der Waals surface area contributed by atoms with Gasteiger partial charge in [-0.1, -0.05) is 37.1 Å². The molecule has 0 heterocycles. The van der Waals surface area contributed by atoms with E-state index in [-0.39, 0.29) is 0 Å². The predicted octanol–water partition coefficient (Wildman–Crippen LogP) is 5.13. The molecule has 0 atom stereocenters. The Kier molecular flexibility index (Phi) is 5.75. The molecule has 1 N–H and O–H groups in total. The van der Waals surface area contributed by atoms with Crippen molar-refractivity contribution in [3.05, 3.63) is 59.1 Å². The first-order valence-electron chi connectivity index (χ1n) is 6.99. The Morgan fingerprint density at radius 1 is 1.00 bits per heavy atom. The average molecular weight is 290 g/mol. The molecule has 0 aliphatic rings. The zero-order valence-corrected chi connectivity index (χ0v) is 12.5. The Labute approximate surface area is 125 Å². The summed E-state index contributed by atoms with van der Waals surface area (Å²) in [5.74, 6) is 0.926. The Morgan fingerprint density at radius 2 is 1.70 bits per heavy atom. The number of anilines is 1. The minimum absolute atomic E-state index is 0.766. The van der Waals surface area contributed by atoms with Crippen molar-refractivity contribution in [3.8, 4) is 5.75 Å². The summed E-state index contributed by atoms with van der Waals surface area (Å²) < 4.78 is 5.63. The maximum absolute atomic E-state index is 5.86. The lowest BCUT2D eigenvalue weighted by molar-refractivity contribution is 0.309. The number of ether oxygens (including phenoxy) is 1. The monoisotopic (exact) mass is 289 g/mol. The van der Waals surface area contributed by atoms with Gasteiger partial charge in [0, 0.05) is 17.3 Å². The van der Waals surface area contributed by atoms with Gasteiger partial charge in [-0.15, -0.1) is 0 Å². The van der Waals surface area contributed by atoms with Crippen molar-refractivity contribution in [2.45, 2.75) is 26.3 Å². The van der Waals surface area contributed by atoms with Gasteiger partial charge < -0.3 is 10.1 Å². The molecule has 2 rings (SSSR count). The summed E-state index contributed by atoms with van der Waals surface area (Å²) in [4.78, 5) is 0. The maximum atomic E-state index is 5.86. The van der Waals surface area contributed by atoms with Gasteiger partial charge in [0.05, 0.1) is 6.61 Å². The van der Waals surface area contributed by atoms with E-state index in [4.69, 9.17) is 16.3 Å². The van der Waals surface area contributed by atoms with Gasteiger partial charge in [0.2, 0.25) is 0 Å². The maximum Gasteiger partial charge on any atom is 0.119 e. The minimum Gasteiger partial charge on any atom is -0.494 e. The van der Waals surface area contributed by atoms with Crippen molar-refractivity contribution < 1.29 is 4.74 Å². The van der Waals surface area contributed by atoms with E-state index in [2.05, 4.69) is 12.2 Å². The summed E-state index contributed by atoms with van der Waals surface area (Å²) in [5, 5.41) is 4.14. The summed E-state index contributed by atoms with van der Waals surface area (Å²) in [6.45, 7) is 3.73. The molecule has 20 heavy (non-hydrogen) atoms. The van der Waals surface area contributed by atoms with Gasteiger partial charge in [-0.25, -0.2) is 0 Å².